The third-order valence-electron chi connectivity index (χ3n) is 3.42. The molecular formula is C16H16N6O2. The maximum atomic E-state index is 12.1. The summed E-state index contributed by atoms with van der Waals surface area (Å²) in [6.07, 6.45) is 3.13. The molecule has 0 aliphatic carbocycles. The van der Waals surface area contributed by atoms with E-state index >= 15 is 0 Å². The SMILES string of the molecule is CC=CNC(=O)c1nc2c(nnn2Cc2ccc(C)cc2)c(=O)[nH]1. The molecule has 122 valence electrons. The highest BCUT2D eigenvalue weighted by Gasteiger charge is 2.15. The molecular weight excluding hydrogens is 308 g/mol. The Labute approximate surface area is 137 Å². The van der Waals surface area contributed by atoms with Crippen molar-refractivity contribution in [2.75, 3.05) is 0 Å². The molecule has 8 nitrogen and oxygen atoms in total. The van der Waals surface area contributed by atoms with Crippen LogP contribution in [0.5, 0.6) is 0 Å². The molecule has 3 rings (SSSR count). The summed E-state index contributed by atoms with van der Waals surface area (Å²) in [6.45, 7) is 4.18. The first kappa shape index (κ1) is 15.6. The van der Waals surface area contributed by atoms with Gasteiger partial charge in [0.1, 0.15) is 0 Å². The number of benzene rings is 1. The van der Waals surface area contributed by atoms with Gasteiger partial charge in [-0.15, -0.1) is 5.10 Å². The van der Waals surface area contributed by atoms with Crippen LogP contribution in [0.1, 0.15) is 28.7 Å². The predicted octanol–water partition coefficient (Wildman–Crippen LogP) is 1.13. The molecule has 2 N–H and O–H groups in total. The van der Waals surface area contributed by atoms with Crippen molar-refractivity contribution in [1.29, 1.82) is 0 Å². The second-order valence-electron chi connectivity index (χ2n) is 5.29. The molecule has 0 spiro atoms. The van der Waals surface area contributed by atoms with E-state index in [2.05, 4.69) is 25.6 Å². The summed E-state index contributed by atoms with van der Waals surface area (Å²) >= 11 is 0. The fourth-order valence-corrected chi connectivity index (χ4v) is 2.17. The first-order valence-electron chi connectivity index (χ1n) is 7.39. The minimum Gasteiger partial charge on any atom is -0.326 e. The molecule has 1 aromatic carbocycles. The number of hydrogen-bond donors (Lipinski definition) is 2. The van der Waals surface area contributed by atoms with Crippen LogP contribution in [0.3, 0.4) is 0 Å². The number of H-pyrrole nitrogens is 1. The average molecular weight is 324 g/mol. The van der Waals surface area contributed by atoms with Crippen LogP contribution >= 0.6 is 0 Å². The zero-order valence-electron chi connectivity index (χ0n) is 13.3. The van der Waals surface area contributed by atoms with Gasteiger partial charge in [0.15, 0.2) is 11.2 Å². The molecule has 2 heterocycles. The lowest BCUT2D eigenvalue weighted by Gasteiger charge is -2.04. The second-order valence-corrected chi connectivity index (χ2v) is 5.29. The smallest absolute Gasteiger partial charge is 0.291 e. The Bertz CT molecular complexity index is 968. The van der Waals surface area contributed by atoms with E-state index in [-0.39, 0.29) is 17.0 Å². The lowest BCUT2D eigenvalue weighted by atomic mass is 10.1. The van der Waals surface area contributed by atoms with E-state index in [4.69, 9.17) is 0 Å². The van der Waals surface area contributed by atoms with E-state index in [1.807, 2.05) is 31.2 Å². The van der Waals surface area contributed by atoms with Crippen molar-refractivity contribution in [2.45, 2.75) is 20.4 Å². The standard InChI is InChI=1S/C16H16N6O2/c1-3-8-17-16(24)13-18-14-12(15(23)19-13)20-21-22(14)9-11-6-4-10(2)5-7-11/h3-8H,9H2,1-2H3,(H,17,24)(H,18,19,23). The quantitative estimate of drug-likeness (QED) is 0.748. The molecule has 3 aromatic rings. The van der Waals surface area contributed by atoms with Crippen molar-refractivity contribution in [1.82, 2.24) is 30.3 Å². The summed E-state index contributed by atoms with van der Waals surface area (Å²) in [4.78, 5) is 30.7. The van der Waals surface area contributed by atoms with E-state index < -0.39 is 11.5 Å². The number of carbonyl (C=O) groups excluding carboxylic acids is 1. The topological polar surface area (TPSA) is 106 Å². The maximum absolute atomic E-state index is 12.1. The molecule has 2 aromatic heterocycles. The molecule has 0 bridgehead atoms. The third kappa shape index (κ3) is 3.07. The van der Waals surface area contributed by atoms with Crippen molar-refractivity contribution < 1.29 is 4.79 Å². The molecule has 0 radical (unpaired) electrons. The molecule has 24 heavy (non-hydrogen) atoms. The zero-order chi connectivity index (χ0) is 17.1. The highest BCUT2D eigenvalue weighted by atomic mass is 16.2. The van der Waals surface area contributed by atoms with Crippen LogP contribution in [-0.2, 0) is 6.54 Å². The van der Waals surface area contributed by atoms with E-state index in [0.29, 0.717) is 6.54 Å². The van der Waals surface area contributed by atoms with Gasteiger partial charge in [-0.25, -0.2) is 9.67 Å². The van der Waals surface area contributed by atoms with E-state index in [9.17, 15) is 9.59 Å². The predicted molar refractivity (Wildman–Crippen MR) is 88.5 cm³/mol. The largest absolute Gasteiger partial charge is 0.326 e. The van der Waals surface area contributed by atoms with Crippen molar-refractivity contribution in [3.63, 3.8) is 0 Å². The fraction of sp³-hybridized carbons (Fsp3) is 0.188. The van der Waals surface area contributed by atoms with Crippen molar-refractivity contribution in [2.24, 2.45) is 0 Å². The molecule has 1 amide bonds. The Balaban J connectivity index is 2.00. The summed E-state index contributed by atoms with van der Waals surface area (Å²) in [7, 11) is 0. The Hall–Kier alpha value is -3.29. The van der Waals surface area contributed by atoms with Crippen LogP contribution in [0, 0.1) is 6.92 Å². The van der Waals surface area contributed by atoms with Gasteiger partial charge in [-0.2, -0.15) is 0 Å². The molecule has 0 aliphatic heterocycles. The van der Waals surface area contributed by atoms with Gasteiger partial charge in [0, 0.05) is 0 Å². The molecule has 0 saturated carbocycles. The van der Waals surface area contributed by atoms with Crippen molar-refractivity contribution >= 4 is 17.1 Å². The zero-order valence-corrected chi connectivity index (χ0v) is 13.3. The van der Waals surface area contributed by atoms with Crippen LogP contribution in [-0.4, -0.2) is 30.9 Å². The van der Waals surface area contributed by atoms with Gasteiger partial charge < -0.3 is 10.3 Å². The number of aromatic amines is 1. The Morgan fingerprint density at radius 1 is 1.33 bits per heavy atom. The maximum Gasteiger partial charge on any atom is 0.291 e. The van der Waals surface area contributed by atoms with Gasteiger partial charge in [0.25, 0.3) is 11.5 Å². The van der Waals surface area contributed by atoms with Crippen molar-refractivity contribution in [3.8, 4) is 0 Å². The van der Waals surface area contributed by atoms with Crippen molar-refractivity contribution in [3.05, 3.63) is 63.8 Å². The number of nitrogens with one attached hydrogen (secondary N) is 2. The lowest BCUT2D eigenvalue weighted by Crippen LogP contribution is -2.24. The average Bonchev–Trinajstić information content (AvgIpc) is 2.98. The molecule has 0 atom stereocenters. The van der Waals surface area contributed by atoms with Crippen LogP contribution < -0.4 is 10.9 Å². The van der Waals surface area contributed by atoms with Gasteiger partial charge in [-0.05, 0) is 25.6 Å². The number of allylic oxidation sites excluding steroid dienone is 1. The monoisotopic (exact) mass is 324 g/mol. The first-order valence-corrected chi connectivity index (χ1v) is 7.39. The van der Waals surface area contributed by atoms with Gasteiger partial charge in [0.2, 0.25) is 5.82 Å². The number of hydrogen-bond acceptors (Lipinski definition) is 5. The fourth-order valence-electron chi connectivity index (χ4n) is 2.17. The van der Waals surface area contributed by atoms with E-state index in [0.717, 1.165) is 11.1 Å². The first-order chi connectivity index (χ1) is 11.6. The minimum atomic E-state index is -0.504. The van der Waals surface area contributed by atoms with Gasteiger partial charge in [0.05, 0.1) is 6.54 Å². The third-order valence-corrected chi connectivity index (χ3v) is 3.42. The van der Waals surface area contributed by atoms with Gasteiger partial charge in [-0.1, -0.05) is 41.1 Å². The van der Waals surface area contributed by atoms with Crippen LogP contribution in [0.4, 0.5) is 0 Å². The second kappa shape index (κ2) is 6.45. The highest BCUT2D eigenvalue weighted by Crippen LogP contribution is 2.09. The van der Waals surface area contributed by atoms with Crippen LogP contribution in [0.25, 0.3) is 11.2 Å². The lowest BCUT2D eigenvalue weighted by molar-refractivity contribution is 0.0960. The van der Waals surface area contributed by atoms with E-state index in [1.165, 1.54) is 10.9 Å². The van der Waals surface area contributed by atoms with Crippen LogP contribution in [0.2, 0.25) is 0 Å². The highest BCUT2D eigenvalue weighted by molar-refractivity contribution is 5.92. The molecule has 8 heteroatoms. The summed E-state index contributed by atoms with van der Waals surface area (Å²) in [5.74, 6) is -0.590. The molecule has 0 fully saturated rings. The number of nitrogens with zero attached hydrogens (tertiary/aromatic N) is 4. The number of amides is 1. The van der Waals surface area contributed by atoms with Crippen LogP contribution in [0.15, 0.2) is 41.3 Å². The molecule has 0 unspecified atom stereocenters. The normalized spacial score (nSPS) is 11.2. The Morgan fingerprint density at radius 3 is 2.79 bits per heavy atom. The summed E-state index contributed by atoms with van der Waals surface area (Å²) in [6, 6.07) is 7.92. The van der Waals surface area contributed by atoms with Gasteiger partial charge >= 0.3 is 0 Å². The number of carbonyl (C=O) groups is 1. The minimum absolute atomic E-state index is 0.0851. The summed E-state index contributed by atoms with van der Waals surface area (Å²) < 4.78 is 1.50. The number of fused-ring (bicyclic) bond motifs is 1. The number of rotatable bonds is 4. The number of aromatic nitrogens is 5. The van der Waals surface area contributed by atoms with Gasteiger partial charge in [-0.3, -0.25) is 9.59 Å². The Kier molecular flexibility index (Phi) is 4.19. The summed E-state index contributed by atoms with van der Waals surface area (Å²) in [5, 5.41) is 10.3. The Morgan fingerprint density at radius 2 is 2.08 bits per heavy atom. The number of aryl methyl sites for hydroxylation is 1. The molecule has 0 saturated heterocycles. The molecule has 0 aliphatic rings. The van der Waals surface area contributed by atoms with E-state index in [1.54, 1.807) is 13.0 Å². The summed E-state index contributed by atoms with van der Waals surface area (Å²) in [5.41, 5.74) is 2.02.